The molecule has 1 N–H and O–H groups in total. The number of methoxy groups -OCH3 is 2. The summed E-state index contributed by atoms with van der Waals surface area (Å²) in [6.07, 6.45) is -2.42. The Hall–Kier alpha value is -1.40. The molecule has 0 aliphatic heterocycles. The second-order valence-corrected chi connectivity index (χ2v) is 4.26. The third-order valence-corrected chi connectivity index (χ3v) is 2.85. The van der Waals surface area contributed by atoms with Crippen LogP contribution in [0.2, 0.25) is 0 Å². The topological polar surface area (TPSA) is 39.7 Å². The maximum absolute atomic E-state index is 11.9. The molecule has 0 radical (unpaired) electrons. The average Bonchev–Trinajstić information content (AvgIpc) is 2.45. The van der Waals surface area contributed by atoms with Gasteiger partial charge in [-0.15, -0.1) is 0 Å². The van der Waals surface area contributed by atoms with Crippen molar-refractivity contribution in [3.8, 4) is 11.5 Å². The molecule has 0 heterocycles. The van der Waals surface area contributed by atoms with E-state index in [-0.39, 0.29) is 12.6 Å². The summed E-state index contributed by atoms with van der Waals surface area (Å²) in [4.78, 5) is 0. The van der Waals surface area contributed by atoms with Crippen molar-refractivity contribution >= 4 is 0 Å². The van der Waals surface area contributed by atoms with Gasteiger partial charge in [0, 0.05) is 12.6 Å². The van der Waals surface area contributed by atoms with E-state index in [1.807, 2.05) is 25.1 Å². The lowest BCUT2D eigenvalue weighted by molar-refractivity contribution is 0.0183. The first-order chi connectivity index (χ1) is 9.58. The maximum atomic E-state index is 11.9. The number of nitrogens with one attached hydrogen (secondary N) is 1. The van der Waals surface area contributed by atoms with E-state index in [1.165, 1.54) is 0 Å². The van der Waals surface area contributed by atoms with E-state index in [0.29, 0.717) is 18.0 Å². The highest BCUT2D eigenvalue weighted by molar-refractivity contribution is 5.43. The van der Waals surface area contributed by atoms with Crippen LogP contribution in [0.1, 0.15) is 18.5 Å². The molecule has 20 heavy (non-hydrogen) atoms. The lowest BCUT2D eigenvalue weighted by Gasteiger charge is -2.16. The van der Waals surface area contributed by atoms with Crippen LogP contribution >= 0.6 is 0 Å². The molecule has 0 amide bonds. The summed E-state index contributed by atoms with van der Waals surface area (Å²) >= 11 is 0. The highest BCUT2D eigenvalue weighted by Gasteiger charge is 2.09. The Morgan fingerprint density at radius 2 is 1.85 bits per heavy atom. The van der Waals surface area contributed by atoms with Gasteiger partial charge in [0.2, 0.25) is 0 Å². The van der Waals surface area contributed by atoms with Crippen molar-refractivity contribution in [2.75, 3.05) is 34.0 Å². The fourth-order valence-electron chi connectivity index (χ4n) is 1.76. The minimum atomic E-state index is -2.42. The number of alkyl halides is 2. The average molecular weight is 289 g/mol. The molecule has 4 nitrogen and oxygen atoms in total. The van der Waals surface area contributed by atoms with Gasteiger partial charge in [0.05, 0.1) is 20.8 Å². The molecule has 0 bridgehead atoms. The largest absolute Gasteiger partial charge is 0.493 e. The van der Waals surface area contributed by atoms with Gasteiger partial charge in [-0.25, -0.2) is 8.78 Å². The van der Waals surface area contributed by atoms with E-state index >= 15 is 0 Å². The fraction of sp³-hybridized carbons (Fsp3) is 0.571. The number of hydrogen-bond acceptors (Lipinski definition) is 4. The van der Waals surface area contributed by atoms with Gasteiger partial charge in [-0.2, -0.15) is 0 Å². The van der Waals surface area contributed by atoms with Crippen LogP contribution in [-0.4, -0.2) is 40.4 Å². The third kappa shape index (κ3) is 5.30. The summed E-state index contributed by atoms with van der Waals surface area (Å²) in [5.41, 5.74) is 1.02. The Balaban J connectivity index is 2.45. The van der Waals surface area contributed by atoms with E-state index in [1.54, 1.807) is 14.2 Å². The number of hydrogen-bond donors (Lipinski definition) is 1. The number of benzene rings is 1. The van der Waals surface area contributed by atoms with Gasteiger partial charge in [0.15, 0.2) is 11.5 Å². The van der Waals surface area contributed by atoms with Crippen LogP contribution in [0.5, 0.6) is 11.5 Å². The molecule has 0 aliphatic rings. The van der Waals surface area contributed by atoms with E-state index in [0.717, 1.165) is 5.56 Å². The van der Waals surface area contributed by atoms with Gasteiger partial charge in [0.1, 0.15) is 6.61 Å². The molecule has 0 saturated heterocycles. The molecule has 0 aliphatic carbocycles. The molecule has 1 unspecified atom stereocenters. The number of rotatable bonds is 9. The second-order valence-electron chi connectivity index (χ2n) is 4.26. The van der Waals surface area contributed by atoms with Gasteiger partial charge >= 0.3 is 0 Å². The van der Waals surface area contributed by atoms with Crippen LogP contribution in [0, 0.1) is 0 Å². The molecule has 0 saturated carbocycles. The minimum Gasteiger partial charge on any atom is -0.493 e. The predicted molar refractivity (Wildman–Crippen MR) is 72.8 cm³/mol. The summed E-state index contributed by atoms with van der Waals surface area (Å²) in [6, 6.07) is 5.71. The lowest BCUT2D eigenvalue weighted by atomic mass is 10.1. The molecular weight excluding hydrogens is 268 g/mol. The molecule has 1 rings (SSSR count). The molecule has 0 fully saturated rings. The molecule has 1 aromatic carbocycles. The first-order valence-electron chi connectivity index (χ1n) is 6.39. The summed E-state index contributed by atoms with van der Waals surface area (Å²) < 4.78 is 38.9. The van der Waals surface area contributed by atoms with Gasteiger partial charge in [-0.1, -0.05) is 6.07 Å². The Morgan fingerprint density at radius 1 is 1.15 bits per heavy atom. The number of ether oxygens (including phenoxy) is 3. The van der Waals surface area contributed by atoms with Gasteiger partial charge < -0.3 is 19.5 Å². The molecule has 1 aromatic rings. The maximum Gasteiger partial charge on any atom is 0.261 e. The van der Waals surface area contributed by atoms with Crippen molar-refractivity contribution in [1.29, 1.82) is 0 Å². The van der Waals surface area contributed by atoms with Crippen LogP contribution in [0.4, 0.5) is 8.78 Å². The van der Waals surface area contributed by atoms with Crippen LogP contribution in [-0.2, 0) is 4.74 Å². The molecular formula is C14H21F2NO3. The molecule has 6 heteroatoms. The van der Waals surface area contributed by atoms with Crippen molar-refractivity contribution in [3.05, 3.63) is 23.8 Å². The molecule has 114 valence electrons. The lowest BCUT2D eigenvalue weighted by Crippen LogP contribution is -2.24. The Bertz CT molecular complexity index is 402. The van der Waals surface area contributed by atoms with Gasteiger partial charge in [-0.05, 0) is 24.6 Å². The summed E-state index contributed by atoms with van der Waals surface area (Å²) in [7, 11) is 3.16. The van der Waals surface area contributed by atoms with Crippen molar-refractivity contribution in [2.45, 2.75) is 19.4 Å². The summed E-state index contributed by atoms with van der Waals surface area (Å²) in [6.45, 7) is 2.21. The van der Waals surface area contributed by atoms with Crippen molar-refractivity contribution in [2.24, 2.45) is 0 Å². The van der Waals surface area contributed by atoms with Gasteiger partial charge in [-0.3, -0.25) is 0 Å². The van der Waals surface area contributed by atoms with Crippen LogP contribution in [0.25, 0.3) is 0 Å². The van der Waals surface area contributed by atoms with Crippen LogP contribution in [0.3, 0.4) is 0 Å². The van der Waals surface area contributed by atoms with Crippen molar-refractivity contribution in [3.63, 3.8) is 0 Å². The van der Waals surface area contributed by atoms with Crippen molar-refractivity contribution < 1.29 is 23.0 Å². The standard InChI is InChI=1S/C14H21F2NO3/c1-10(17-6-7-20-9-14(15)16)11-4-5-12(18-2)13(8-11)19-3/h4-5,8,10,14,17H,6-7,9H2,1-3H3. The molecule has 1 atom stereocenters. The second kappa shape index (κ2) is 8.71. The zero-order valence-corrected chi connectivity index (χ0v) is 12.0. The normalized spacial score (nSPS) is 12.5. The van der Waals surface area contributed by atoms with E-state index in [2.05, 4.69) is 5.32 Å². The van der Waals surface area contributed by atoms with Crippen molar-refractivity contribution in [1.82, 2.24) is 5.32 Å². The quantitative estimate of drug-likeness (QED) is 0.709. The summed E-state index contributed by atoms with van der Waals surface area (Å²) in [5, 5.41) is 3.20. The zero-order valence-electron chi connectivity index (χ0n) is 12.0. The van der Waals surface area contributed by atoms with Gasteiger partial charge in [0.25, 0.3) is 6.43 Å². The molecule has 0 spiro atoms. The molecule has 0 aromatic heterocycles. The highest BCUT2D eigenvalue weighted by atomic mass is 19.3. The highest BCUT2D eigenvalue weighted by Crippen LogP contribution is 2.29. The smallest absolute Gasteiger partial charge is 0.261 e. The van der Waals surface area contributed by atoms with E-state index in [4.69, 9.17) is 14.2 Å². The Labute approximate surface area is 118 Å². The Kier molecular flexibility index (Phi) is 7.25. The van der Waals surface area contributed by atoms with Crippen LogP contribution < -0.4 is 14.8 Å². The first-order valence-corrected chi connectivity index (χ1v) is 6.39. The van der Waals surface area contributed by atoms with E-state index in [9.17, 15) is 8.78 Å². The SMILES string of the molecule is COc1ccc(C(C)NCCOCC(F)F)cc1OC. The zero-order chi connectivity index (χ0) is 15.0. The number of halogens is 2. The Morgan fingerprint density at radius 3 is 2.45 bits per heavy atom. The third-order valence-electron chi connectivity index (χ3n) is 2.85. The van der Waals surface area contributed by atoms with E-state index < -0.39 is 13.0 Å². The monoisotopic (exact) mass is 289 g/mol. The fourth-order valence-corrected chi connectivity index (χ4v) is 1.76. The van der Waals surface area contributed by atoms with Crippen LogP contribution in [0.15, 0.2) is 18.2 Å². The minimum absolute atomic E-state index is 0.0601. The predicted octanol–water partition coefficient (Wildman–Crippen LogP) is 2.64. The first kappa shape index (κ1) is 16.7. The summed E-state index contributed by atoms with van der Waals surface area (Å²) in [5.74, 6) is 1.33.